The van der Waals surface area contributed by atoms with Crippen molar-refractivity contribution in [2.24, 2.45) is 7.05 Å². The second-order valence-electron chi connectivity index (χ2n) is 6.25. The first-order chi connectivity index (χ1) is 14.5. The van der Waals surface area contributed by atoms with Gasteiger partial charge in [0.1, 0.15) is 4.70 Å². The number of benzene rings is 1. The quantitative estimate of drug-likeness (QED) is 0.360. The predicted molar refractivity (Wildman–Crippen MR) is 115 cm³/mol. The fourth-order valence-electron chi connectivity index (χ4n) is 2.90. The molecule has 11 heteroatoms. The van der Waals surface area contributed by atoms with E-state index in [4.69, 9.17) is 4.74 Å². The molecule has 1 aromatic carbocycles. The van der Waals surface area contributed by atoms with Crippen molar-refractivity contribution in [3.8, 4) is 0 Å². The summed E-state index contributed by atoms with van der Waals surface area (Å²) in [6.07, 6.45) is 0. The maximum absolute atomic E-state index is 12.4. The van der Waals surface area contributed by atoms with Crippen molar-refractivity contribution < 1.29 is 14.3 Å². The summed E-state index contributed by atoms with van der Waals surface area (Å²) in [5.74, 6) is -0.108. The Balaban J connectivity index is 1.48. The van der Waals surface area contributed by atoms with Gasteiger partial charge in [-0.1, -0.05) is 11.8 Å². The number of nitrogens with zero attached hydrogens (tertiary/aromatic N) is 4. The zero-order valence-electron chi connectivity index (χ0n) is 16.1. The summed E-state index contributed by atoms with van der Waals surface area (Å²) in [4.78, 5) is 36.4. The third-order valence-corrected chi connectivity index (χ3v) is 6.13. The fraction of sp³-hybridized carbons (Fsp3) is 0.211. The second-order valence-corrected chi connectivity index (χ2v) is 8.11. The SMILES string of the molecule is CCOC(=O)c1ccc(NC(=O)CSc2nnc3n(C)c(=O)c4sccc4n23)cc1. The zero-order chi connectivity index (χ0) is 21.3. The first kappa shape index (κ1) is 20.1. The lowest BCUT2D eigenvalue weighted by molar-refractivity contribution is -0.113. The molecule has 154 valence electrons. The maximum atomic E-state index is 12.4. The molecule has 30 heavy (non-hydrogen) atoms. The molecule has 0 fully saturated rings. The minimum absolute atomic E-state index is 0.106. The summed E-state index contributed by atoms with van der Waals surface area (Å²) in [5.41, 5.74) is 1.59. The molecule has 0 aliphatic carbocycles. The average molecular weight is 444 g/mol. The number of hydrogen-bond donors (Lipinski definition) is 1. The van der Waals surface area contributed by atoms with Crippen molar-refractivity contribution in [1.82, 2.24) is 19.2 Å². The molecule has 3 aromatic heterocycles. The highest BCUT2D eigenvalue weighted by Crippen LogP contribution is 2.24. The van der Waals surface area contributed by atoms with E-state index in [1.54, 1.807) is 42.6 Å². The van der Waals surface area contributed by atoms with Crippen LogP contribution in [0.4, 0.5) is 5.69 Å². The molecule has 3 heterocycles. The minimum atomic E-state index is -0.404. The van der Waals surface area contributed by atoms with Gasteiger partial charge in [0.05, 0.1) is 23.4 Å². The number of nitrogens with one attached hydrogen (secondary N) is 1. The van der Waals surface area contributed by atoms with Crippen molar-refractivity contribution in [3.05, 3.63) is 51.6 Å². The van der Waals surface area contributed by atoms with E-state index in [0.717, 1.165) is 5.52 Å². The van der Waals surface area contributed by atoms with Crippen LogP contribution in [0.15, 0.2) is 45.7 Å². The van der Waals surface area contributed by atoms with Gasteiger partial charge in [-0.3, -0.25) is 18.6 Å². The molecule has 4 rings (SSSR count). The molecule has 0 aliphatic heterocycles. The van der Waals surface area contributed by atoms with Crippen LogP contribution in [0.25, 0.3) is 16.0 Å². The van der Waals surface area contributed by atoms with E-state index >= 15 is 0 Å². The summed E-state index contributed by atoms with van der Waals surface area (Å²) in [6, 6.07) is 8.33. The number of rotatable bonds is 6. The molecule has 0 atom stereocenters. The van der Waals surface area contributed by atoms with Gasteiger partial charge < -0.3 is 10.1 Å². The van der Waals surface area contributed by atoms with Crippen LogP contribution in [0.1, 0.15) is 17.3 Å². The minimum Gasteiger partial charge on any atom is -0.462 e. The van der Waals surface area contributed by atoms with E-state index < -0.39 is 5.97 Å². The molecule has 0 unspecified atom stereocenters. The fourth-order valence-corrected chi connectivity index (χ4v) is 4.49. The number of carbonyl (C=O) groups is 2. The number of hydrogen-bond acceptors (Lipinski definition) is 8. The van der Waals surface area contributed by atoms with Crippen LogP contribution in [0.5, 0.6) is 0 Å². The van der Waals surface area contributed by atoms with Gasteiger partial charge in [-0.2, -0.15) is 0 Å². The first-order valence-corrected chi connectivity index (χ1v) is 10.9. The molecule has 0 bridgehead atoms. The highest BCUT2D eigenvalue weighted by molar-refractivity contribution is 7.99. The van der Waals surface area contributed by atoms with Gasteiger partial charge in [-0.25, -0.2) is 4.79 Å². The number of amides is 1. The number of thioether (sulfide) groups is 1. The molecule has 1 N–H and O–H groups in total. The van der Waals surface area contributed by atoms with Gasteiger partial charge in [-0.05, 0) is 42.6 Å². The summed E-state index contributed by atoms with van der Waals surface area (Å²) in [6.45, 7) is 2.05. The number of fused-ring (bicyclic) bond motifs is 3. The molecule has 0 spiro atoms. The van der Waals surface area contributed by atoms with Crippen LogP contribution in [-0.2, 0) is 16.6 Å². The lowest BCUT2D eigenvalue weighted by Crippen LogP contribution is -2.19. The molecule has 0 saturated heterocycles. The van der Waals surface area contributed by atoms with Gasteiger partial charge in [0, 0.05) is 12.7 Å². The number of aryl methyl sites for hydroxylation is 1. The number of anilines is 1. The monoisotopic (exact) mass is 443 g/mol. The first-order valence-electron chi connectivity index (χ1n) is 9.00. The molecule has 0 radical (unpaired) electrons. The summed E-state index contributed by atoms with van der Waals surface area (Å²) in [7, 11) is 1.65. The maximum Gasteiger partial charge on any atom is 0.338 e. The van der Waals surface area contributed by atoms with Crippen LogP contribution >= 0.6 is 23.1 Å². The molecule has 9 nitrogen and oxygen atoms in total. The molecule has 4 aromatic rings. The Labute approximate surface area is 178 Å². The molecular formula is C19H17N5O4S2. The largest absolute Gasteiger partial charge is 0.462 e. The molecule has 0 saturated carbocycles. The number of carbonyl (C=O) groups excluding carboxylic acids is 2. The van der Waals surface area contributed by atoms with E-state index in [9.17, 15) is 14.4 Å². The van der Waals surface area contributed by atoms with E-state index in [2.05, 4.69) is 15.5 Å². The Hall–Kier alpha value is -3.18. The van der Waals surface area contributed by atoms with Crippen molar-refractivity contribution in [2.75, 3.05) is 17.7 Å². The van der Waals surface area contributed by atoms with Gasteiger partial charge in [-0.15, -0.1) is 21.5 Å². The second kappa shape index (κ2) is 8.28. The van der Waals surface area contributed by atoms with Crippen molar-refractivity contribution in [2.45, 2.75) is 12.1 Å². The zero-order valence-corrected chi connectivity index (χ0v) is 17.7. The van der Waals surface area contributed by atoms with Crippen LogP contribution in [0, 0.1) is 0 Å². The number of thiophene rings is 1. The normalized spacial score (nSPS) is 11.1. The third kappa shape index (κ3) is 3.68. The predicted octanol–water partition coefficient (Wildman–Crippen LogP) is 2.55. The van der Waals surface area contributed by atoms with Crippen LogP contribution in [0.3, 0.4) is 0 Å². The summed E-state index contributed by atoms with van der Waals surface area (Å²) < 4.78 is 8.77. The Morgan fingerprint density at radius 3 is 2.70 bits per heavy atom. The van der Waals surface area contributed by atoms with Gasteiger partial charge in [0.15, 0.2) is 5.16 Å². The van der Waals surface area contributed by atoms with E-state index in [0.29, 0.717) is 33.5 Å². The number of aromatic nitrogens is 4. The van der Waals surface area contributed by atoms with Crippen molar-refractivity contribution >= 4 is 56.7 Å². The van der Waals surface area contributed by atoms with Crippen molar-refractivity contribution in [3.63, 3.8) is 0 Å². The standard InChI is InChI=1S/C19H17N5O4S2/c1-3-28-17(27)11-4-6-12(7-5-11)20-14(25)10-30-19-22-21-18-23(2)16(26)15-13(24(18)19)8-9-29-15/h4-9H,3,10H2,1-2H3,(H,20,25). The topological polar surface area (TPSA) is 108 Å². The van der Waals surface area contributed by atoms with E-state index in [-0.39, 0.29) is 17.2 Å². The average Bonchev–Trinajstić information content (AvgIpc) is 3.38. The highest BCUT2D eigenvalue weighted by Gasteiger charge is 2.17. The van der Waals surface area contributed by atoms with E-state index in [1.165, 1.54) is 27.7 Å². The van der Waals surface area contributed by atoms with Crippen LogP contribution in [-0.4, -0.2) is 43.4 Å². The highest BCUT2D eigenvalue weighted by atomic mass is 32.2. The Morgan fingerprint density at radius 1 is 1.20 bits per heavy atom. The lowest BCUT2D eigenvalue weighted by atomic mass is 10.2. The van der Waals surface area contributed by atoms with Gasteiger partial charge >= 0.3 is 5.97 Å². The Kier molecular flexibility index (Phi) is 5.55. The molecule has 0 aliphatic rings. The van der Waals surface area contributed by atoms with Gasteiger partial charge in [0.2, 0.25) is 11.7 Å². The number of ether oxygens (including phenoxy) is 1. The smallest absolute Gasteiger partial charge is 0.338 e. The summed E-state index contributed by atoms with van der Waals surface area (Å²) >= 11 is 2.58. The number of esters is 1. The molecule has 1 amide bonds. The van der Waals surface area contributed by atoms with E-state index in [1.807, 2.05) is 11.4 Å². The van der Waals surface area contributed by atoms with Crippen LogP contribution < -0.4 is 10.9 Å². The summed E-state index contributed by atoms with van der Waals surface area (Å²) in [5, 5.41) is 13.4. The van der Waals surface area contributed by atoms with Gasteiger partial charge in [0.25, 0.3) is 5.56 Å². The van der Waals surface area contributed by atoms with Crippen LogP contribution in [0.2, 0.25) is 0 Å². The van der Waals surface area contributed by atoms with Crippen molar-refractivity contribution in [1.29, 1.82) is 0 Å². The Bertz CT molecular complexity index is 1310. The molecular weight excluding hydrogens is 426 g/mol. The lowest BCUT2D eigenvalue weighted by Gasteiger charge is -2.07. The Morgan fingerprint density at radius 2 is 1.97 bits per heavy atom. The third-order valence-electron chi connectivity index (χ3n) is 4.31.